The minimum atomic E-state index is -0.468. The second-order valence-electron chi connectivity index (χ2n) is 4.98. The average Bonchev–Trinajstić information content (AvgIpc) is 3.36. The quantitative estimate of drug-likeness (QED) is 0.616. The summed E-state index contributed by atoms with van der Waals surface area (Å²) in [6.07, 6.45) is 4.65. The van der Waals surface area contributed by atoms with Crippen molar-refractivity contribution < 1.29 is 19.1 Å². The molecule has 0 unspecified atom stereocenters. The van der Waals surface area contributed by atoms with Crippen molar-refractivity contribution >= 4 is 23.5 Å². The van der Waals surface area contributed by atoms with Crippen LogP contribution >= 0.6 is 0 Å². The molecule has 0 radical (unpaired) electrons. The maximum Gasteiger partial charge on any atom is 0.330 e. The minimum Gasteiger partial charge on any atom is -0.466 e. The van der Waals surface area contributed by atoms with Gasteiger partial charge in [0, 0.05) is 29.8 Å². The fourth-order valence-corrected chi connectivity index (χ4v) is 1.77. The Bertz CT molecular complexity index is 589. The van der Waals surface area contributed by atoms with Gasteiger partial charge in [-0.15, -0.1) is 0 Å². The predicted octanol–water partition coefficient (Wildman–Crippen LogP) is 1.49. The molecule has 1 aliphatic carbocycles. The molecule has 0 spiro atoms. The van der Waals surface area contributed by atoms with Crippen molar-refractivity contribution in [3.63, 3.8) is 0 Å². The first-order valence-electron chi connectivity index (χ1n) is 7.04. The van der Waals surface area contributed by atoms with Crippen LogP contribution < -0.4 is 10.6 Å². The van der Waals surface area contributed by atoms with E-state index in [4.69, 9.17) is 0 Å². The zero-order valence-corrected chi connectivity index (χ0v) is 12.3. The third kappa shape index (κ3) is 4.73. The molecule has 1 aliphatic rings. The van der Waals surface area contributed by atoms with Gasteiger partial charge in [-0.05, 0) is 37.1 Å². The molecule has 0 saturated heterocycles. The minimum absolute atomic E-state index is 0.0325. The van der Waals surface area contributed by atoms with Gasteiger partial charge < -0.3 is 15.4 Å². The molecule has 2 amide bonds. The van der Waals surface area contributed by atoms with Gasteiger partial charge >= 0.3 is 5.97 Å². The monoisotopic (exact) mass is 302 g/mol. The Labute approximate surface area is 128 Å². The lowest BCUT2D eigenvalue weighted by atomic mass is 10.2. The molecule has 0 heterocycles. The highest BCUT2D eigenvalue weighted by Crippen LogP contribution is 2.30. The number of benzene rings is 1. The molecule has 1 saturated carbocycles. The van der Waals surface area contributed by atoms with Gasteiger partial charge in [0.2, 0.25) is 5.91 Å². The van der Waals surface area contributed by atoms with Crippen LogP contribution in [0.5, 0.6) is 0 Å². The van der Waals surface area contributed by atoms with E-state index >= 15 is 0 Å². The molecular formula is C16H18N2O4. The summed E-state index contributed by atoms with van der Waals surface area (Å²) < 4.78 is 4.43. The molecular weight excluding hydrogens is 284 g/mol. The van der Waals surface area contributed by atoms with E-state index in [1.54, 1.807) is 24.3 Å². The molecule has 2 rings (SSSR count). The topological polar surface area (TPSA) is 84.5 Å². The third-order valence-corrected chi connectivity index (χ3v) is 3.20. The van der Waals surface area contributed by atoms with Crippen molar-refractivity contribution in [2.75, 3.05) is 19.0 Å². The van der Waals surface area contributed by atoms with Crippen molar-refractivity contribution in [2.24, 2.45) is 5.92 Å². The number of hydrogen-bond acceptors (Lipinski definition) is 4. The SMILES string of the molecule is COC(=O)/C=C/CNC(=O)c1ccc(NC(=O)C2CC2)cc1. The lowest BCUT2D eigenvalue weighted by Gasteiger charge is -2.06. The van der Waals surface area contributed by atoms with Crippen molar-refractivity contribution in [3.05, 3.63) is 42.0 Å². The first kappa shape index (κ1) is 15.8. The number of nitrogens with one attached hydrogen (secondary N) is 2. The number of anilines is 1. The van der Waals surface area contributed by atoms with Crippen LogP contribution in [0.2, 0.25) is 0 Å². The molecule has 2 N–H and O–H groups in total. The number of rotatable bonds is 6. The zero-order valence-electron chi connectivity index (χ0n) is 12.3. The third-order valence-electron chi connectivity index (χ3n) is 3.20. The Kier molecular flexibility index (Phi) is 5.30. The van der Waals surface area contributed by atoms with Gasteiger partial charge in [0.1, 0.15) is 0 Å². The highest BCUT2D eigenvalue weighted by Gasteiger charge is 2.29. The second-order valence-corrected chi connectivity index (χ2v) is 4.98. The summed E-state index contributed by atoms with van der Waals surface area (Å²) in [5.74, 6) is -0.547. The molecule has 0 bridgehead atoms. The van der Waals surface area contributed by atoms with Gasteiger partial charge in [-0.3, -0.25) is 9.59 Å². The smallest absolute Gasteiger partial charge is 0.330 e. The Morgan fingerprint density at radius 2 is 1.91 bits per heavy atom. The number of carbonyl (C=O) groups excluding carboxylic acids is 3. The number of esters is 1. The molecule has 22 heavy (non-hydrogen) atoms. The van der Waals surface area contributed by atoms with Crippen molar-refractivity contribution in [1.82, 2.24) is 5.32 Å². The summed E-state index contributed by atoms with van der Waals surface area (Å²) in [5.41, 5.74) is 1.16. The number of ether oxygens (including phenoxy) is 1. The van der Waals surface area contributed by atoms with Gasteiger partial charge in [-0.1, -0.05) is 6.08 Å². The van der Waals surface area contributed by atoms with Crippen LogP contribution in [0.25, 0.3) is 0 Å². The summed E-state index contributed by atoms with van der Waals surface area (Å²) in [4.78, 5) is 34.3. The highest BCUT2D eigenvalue weighted by atomic mass is 16.5. The summed E-state index contributed by atoms with van der Waals surface area (Å²) in [5, 5.41) is 5.45. The summed E-state index contributed by atoms with van der Waals surface area (Å²) in [7, 11) is 1.29. The fraction of sp³-hybridized carbons (Fsp3) is 0.312. The van der Waals surface area contributed by atoms with Gasteiger partial charge in [0.25, 0.3) is 5.91 Å². The van der Waals surface area contributed by atoms with E-state index < -0.39 is 5.97 Å². The maximum absolute atomic E-state index is 11.9. The normalized spacial score (nSPS) is 13.7. The van der Waals surface area contributed by atoms with E-state index in [0.29, 0.717) is 11.3 Å². The molecule has 6 nitrogen and oxygen atoms in total. The molecule has 1 fully saturated rings. The van der Waals surface area contributed by atoms with E-state index in [1.165, 1.54) is 19.3 Å². The van der Waals surface area contributed by atoms with E-state index in [0.717, 1.165) is 12.8 Å². The van der Waals surface area contributed by atoms with E-state index in [1.807, 2.05) is 0 Å². The highest BCUT2D eigenvalue weighted by molar-refractivity contribution is 5.96. The Hall–Kier alpha value is -2.63. The summed E-state index contributed by atoms with van der Waals surface area (Å²) in [6.45, 7) is 0.230. The first-order chi connectivity index (χ1) is 10.6. The van der Waals surface area contributed by atoms with Crippen LogP contribution in [0, 0.1) is 5.92 Å². The molecule has 0 atom stereocenters. The number of carbonyl (C=O) groups is 3. The number of hydrogen-bond donors (Lipinski definition) is 2. The number of methoxy groups -OCH3 is 1. The van der Waals surface area contributed by atoms with E-state index in [2.05, 4.69) is 15.4 Å². The molecule has 1 aromatic carbocycles. The predicted molar refractivity (Wildman–Crippen MR) is 81.3 cm³/mol. The number of amides is 2. The van der Waals surface area contributed by atoms with Gasteiger partial charge in [-0.2, -0.15) is 0 Å². The van der Waals surface area contributed by atoms with Gasteiger partial charge in [0.05, 0.1) is 7.11 Å². The lowest BCUT2D eigenvalue weighted by Crippen LogP contribution is -2.23. The van der Waals surface area contributed by atoms with Gasteiger partial charge in [-0.25, -0.2) is 4.79 Å². The van der Waals surface area contributed by atoms with Gasteiger partial charge in [0.15, 0.2) is 0 Å². The summed E-state index contributed by atoms with van der Waals surface area (Å²) in [6, 6.07) is 6.67. The maximum atomic E-state index is 11.9. The lowest BCUT2D eigenvalue weighted by molar-refractivity contribution is -0.134. The Morgan fingerprint density at radius 3 is 2.50 bits per heavy atom. The van der Waals surface area contributed by atoms with Crippen molar-refractivity contribution in [3.8, 4) is 0 Å². The fourth-order valence-electron chi connectivity index (χ4n) is 1.77. The first-order valence-corrected chi connectivity index (χ1v) is 7.04. The Morgan fingerprint density at radius 1 is 1.23 bits per heavy atom. The van der Waals surface area contributed by atoms with Crippen molar-refractivity contribution in [2.45, 2.75) is 12.8 Å². The van der Waals surface area contributed by atoms with Crippen molar-refractivity contribution in [1.29, 1.82) is 0 Å². The molecule has 0 aliphatic heterocycles. The molecule has 0 aromatic heterocycles. The van der Waals surface area contributed by atoms with Crippen LogP contribution in [0.1, 0.15) is 23.2 Å². The van der Waals surface area contributed by atoms with Crippen LogP contribution in [0.4, 0.5) is 5.69 Å². The van der Waals surface area contributed by atoms with E-state index in [-0.39, 0.29) is 24.3 Å². The molecule has 116 valence electrons. The van der Waals surface area contributed by atoms with Crippen LogP contribution in [0.3, 0.4) is 0 Å². The van der Waals surface area contributed by atoms with Crippen LogP contribution in [-0.2, 0) is 14.3 Å². The second kappa shape index (κ2) is 7.40. The standard InChI is InChI=1S/C16H18N2O4/c1-22-14(19)3-2-10-17-15(20)11-6-8-13(9-7-11)18-16(21)12-4-5-12/h2-3,6-9,12H,4-5,10H2,1H3,(H,17,20)(H,18,21)/b3-2+. The largest absolute Gasteiger partial charge is 0.466 e. The van der Waals surface area contributed by atoms with E-state index in [9.17, 15) is 14.4 Å². The molecule has 6 heteroatoms. The zero-order chi connectivity index (χ0) is 15.9. The summed E-state index contributed by atoms with van der Waals surface area (Å²) >= 11 is 0. The van der Waals surface area contributed by atoms with Crippen LogP contribution in [-0.4, -0.2) is 31.4 Å². The molecule has 1 aromatic rings. The average molecular weight is 302 g/mol. The Balaban J connectivity index is 1.81. The van der Waals surface area contributed by atoms with Crippen LogP contribution in [0.15, 0.2) is 36.4 Å².